The number of aliphatic carboxylic acids is 2. The Kier molecular flexibility index (Phi) is 14.5. The maximum absolute atomic E-state index is 13.1. The third-order valence-electron chi connectivity index (χ3n) is 6.02. The molecule has 0 unspecified atom stereocenters. The van der Waals surface area contributed by atoms with Crippen molar-refractivity contribution >= 4 is 53.3 Å². The first-order valence-corrected chi connectivity index (χ1v) is 13.1. The lowest BCUT2D eigenvalue weighted by molar-refractivity contribution is -0.144. The topological polar surface area (TPSA) is 286 Å². The van der Waals surface area contributed by atoms with Crippen LogP contribution >= 0.6 is 0 Å². The molecule has 0 aliphatic rings. The van der Waals surface area contributed by atoms with E-state index in [0.717, 1.165) is 6.08 Å². The molecule has 4 atom stereocenters. The summed E-state index contributed by atoms with van der Waals surface area (Å²) in [7, 11) is 0. The zero-order valence-electron chi connectivity index (χ0n) is 23.4. The number of carboxylic acids is 2. The summed E-state index contributed by atoms with van der Waals surface area (Å²) in [5.74, 6) is -6.16. The Morgan fingerprint density at radius 2 is 1.55 bits per heavy atom. The van der Waals surface area contributed by atoms with E-state index in [-0.39, 0.29) is 31.3 Å². The van der Waals surface area contributed by atoms with Crippen LogP contribution in [0.15, 0.2) is 30.3 Å². The van der Waals surface area contributed by atoms with Gasteiger partial charge in [-0.2, -0.15) is 0 Å². The van der Waals surface area contributed by atoms with Crippen molar-refractivity contribution in [3.05, 3.63) is 35.9 Å². The van der Waals surface area contributed by atoms with Crippen molar-refractivity contribution in [3.8, 4) is 0 Å². The molecule has 230 valence electrons. The maximum Gasteiger partial charge on any atom is 0.326 e. The van der Waals surface area contributed by atoms with Crippen LogP contribution in [0.5, 0.6) is 0 Å². The molecule has 0 heterocycles. The summed E-state index contributed by atoms with van der Waals surface area (Å²) in [4.78, 5) is 61.8. The number of guanidine groups is 2. The first kappa shape index (κ1) is 34.9. The van der Waals surface area contributed by atoms with Crippen molar-refractivity contribution in [1.82, 2.24) is 21.3 Å². The van der Waals surface area contributed by atoms with Gasteiger partial charge < -0.3 is 48.3 Å². The molecule has 16 heteroatoms. The molecule has 3 amide bonds. The Hall–Kier alpha value is -5.15. The molecule has 0 aliphatic carbocycles. The van der Waals surface area contributed by atoms with Gasteiger partial charge in [0, 0.05) is 18.3 Å². The van der Waals surface area contributed by atoms with Gasteiger partial charge in [-0.1, -0.05) is 32.4 Å². The number of amides is 3. The lowest BCUT2D eigenvalue weighted by Gasteiger charge is -2.26. The number of anilines is 1. The molecule has 1 aromatic rings. The van der Waals surface area contributed by atoms with Crippen molar-refractivity contribution in [2.45, 2.75) is 57.7 Å². The molecular weight excluding hydrogens is 550 g/mol. The molecule has 0 spiro atoms. The number of carboxylic acid groups (broad SMARTS) is 2. The van der Waals surface area contributed by atoms with Crippen LogP contribution in [0.4, 0.5) is 5.69 Å². The minimum atomic E-state index is -1.56. The maximum atomic E-state index is 13.1. The average molecular weight is 590 g/mol. The number of rotatable bonds is 17. The van der Waals surface area contributed by atoms with Gasteiger partial charge >= 0.3 is 11.9 Å². The highest BCUT2D eigenvalue weighted by molar-refractivity contribution is 5.98. The fraction of sp³-hybridized carbons (Fsp3) is 0.423. The number of nitrogens with one attached hydrogen (secondary N) is 7. The normalized spacial score (nSPS) is 13.6. The summed E-state index contributed by atoms with van der Waals surface area (Å²) in [6.07, 6.45) is 2.40. The predicted molar refractivity (Wildman–Crippen MR) is 155 cm³/mol. The van der Waals surface area contributed by atoms with E-state index in [1.807, 2.05) is 0 Å². The first-order chi connectivity index (χ1) is 19.7. The number of carbonyl (C=O) groups excluding carboxylic acids is 3. The molecule has 0 radical (unpaired) electrons. The first-order valence-electron chi connectivity index (χ1n) is 13.1. The molecule has 42 heavy (non-hydrogen) atoms. The Bertz CT molecular complexity index is 1170. The van der Waals surface area contributed by atoms with Crippen molar-refractivity contribution < 1.29 is 34.2 Å². The molecule has 1 aromatic carbocycles. The molecule has 0 fully saturated rings. The number of hydrogen-bond donors (Lipinski definition) is 11. The van der Waals surface area contributed by atoms with Gasteiger partial charge in [0.25, 0.3) is 0 Å². The second-order valence-electron chi connectivity index (χ2n) is 9.41. The van der Waals surface area contributed by atoms with E-state index in [9.17, 15) is 34.2 Å². The summed E-state index contributed by atoms with van der Waals surface area (Å²) in [6.45, 7) is 3.58. The number of nitrogens with two attached hydrogens (primary N) is 2. The van der Waals surface area contributed by atoms with E-state index in [0.29, 0.717) is 17.7 Å². The molecule has 16 nitrogen and oxygen atoms in total. The molecule has 0 aliphatic heterocycles. The highest BCUT2D eigenvalue weighted by Crippen LogP contribution is 2.11. The monoisotopic (exact) mass is 589 g/mol. The van der Waals surface area contributed by atoms with Gasteiger partial charge in [-0.05, 0) is 42.5 Å². The van der Waals surface area contributed by atoms with Crippen LogP contribution in [0, 0.1) is 16.7 Å². The molecule has 1 rings (SSSR count). The van der Waals surface area contributed by atoms with Crippen LogP contribution in [-0.2, 0) is 24.0 Å². The number of hydrogen-bond acceptors (Lipinski definition) is 7. The van der Waals surface area contributed by atoms with Crippen LogP contribution in [-0.4, -0.2) is 76.5 Å². The SMILES string of the molecule is CC[C@H](C)[C@H](NC(=O)[C@H](CCCNC(=N)N)NC(=O)[C@H](CC(=O)O)NC(=O)C=Cc1ccc(NC(=N)N)cc1)C(=O)O. The van der Waals surface area contributed by atoms with Gasteiger partial charge in [0.1, 0.15) is 18.1 Å². The summed E-state index contributed by atoms with van der Waals surface area (Å²) < 4.78 is 0. The quantitative estimate of drug-likeness (QED) is 0.0468. The lowest BCUT2D eigenvalue weighted by atomic mass is 9.98. The van der Waals surface area contributed by atoms with E-state index in [2.05, 4.69) is 26.6 Å². The van der Waals surface area contributed by atoms with E-state index in [1.165, 1.54) is 6.08 Å². The second-order valence-corrected chi connectivity index (χ2v) is 9.41. The Morgan fingerprint density at radius 3 is 2.07 bits per heavy atom. The van der Waals surface area contributed by atoms with E-state index < -0.39 is 60.1 Å². The predicted octanol–water partition coefficient (Wildman–Crippen LogP) is -0.672. The van der Waals surface area contributed by atoms with Gasteiger partial charge in [-0.15, -0.1) is 0 Å². The lowest BCUT2D eigenvalue weighted by Crippen LogP contribution is -2.57. The van der Waals surface area contributed by atoms with Crippen LogP contribution in [0.1, 0.15) is 45.1 Å². The van der Waals surface area contributed by atoms with Crippen molar-refractivity contribution in [2.75, 3.05) is 11.9 Å². The number of benzene rings is 1. The van der Waals surface area contributed by atoms with E-state index >= 15 is 0 Å². The fourth-order valence-electron chi connectivity index (χ4n) is 3.62. The highest BCUT2D eigenvalue weighted by Gasteiger charge is 2.31. The molecule has 0 aromatic heterocycles. The van der Waals surface area contributed by atoms with Crippen LogP contribution in [0.3, 0.4) is 0 Å². The molecular formula is C26H39N9O7. The third kappa shape index (κ3) is 13.3. The minimum absolute atomic E-state index is 0.00712. The van der Waals surface area contributed by atoms with Gasteiger partial charge in [-0.3, -0.25) is 30.0 Å². The smallest absolute Gasteiger partial charge is 0.326 e. The van der Waals surface area contributed by atoms with E-state index in [4.69, 9.17) is 22.3 Å². The standard InChI is InChI=1S/C26H39N9O7/c1-3-14(2)21(24(41)42)35-22(39)17(5-4-12-31-25(27)28)34-23(40)18(13-20(37)38)33-19(36)11-8-15-6-9-16(10-7-15)32-26(29)30/h6-11,14,17-18,21H,3-5,12-13H2,1-2H3,(H,33,36)(H,34,40)(H,35,39)(H,37,38)(H,41,42)(H4,27,28,31)(H4,29,30,32)/t14-,17-,18-,21-/m0/s1. The van der Waals surface area contributed by atoms with Gasteiger partial charge in [0.2, 0.25) is 17.7 Å². The Balaban J connectivity index is 3.03. The summed E-state index contributed by atoms with van der Waals surface area (Å²) in [5.41, 5.74) is 11.7. The summed E-state index contributed by atoms with van der Waals surface area (Å²) >= 11 is 0. The number of carbonyl (C=O) groups is 5. The van der Waals surface area contributed by atoms with E-state index in [1.54, 1.807) is 38.1 Å². The van der Waals surface area contributed by atoms with Crippen LogP contribution < -0.4 is 38.1 Å². The molecule has 0 saturated heterocycles. The Labute approximate surface area is 242 Å². The zero-order chi connectivity index (χ0) is 31.8. The summed E-state index contributed by atoms with van der Waals surface area (Å²) in [5, 5.41) is 45.6. The second kappa shape index (κ2) is 17.5. The summed E-state index contributed by atoms with van der Waals surface area (Å²) in [6, 6.07) is 2.43. The van der Waals surface area contributed by atoms with Gasteiger partial charge in [-0.25, -0.2) is 4.79 Å². The fourth-order valence-corrected chi connectivity index (χ4v) is 3.62. The molecule has 0 bridgehead atoms. The highest BCUT2D eigenvalue weighted by atomic mass is 16.4. The zero-order valence-corrected chi connectivity index (χ0v) is 23.4. The van der Waals surface area contributed by atoms with Crippen LogP contribution in [0.2, 0.25) is 0 Å². The van der Waals surface area contributed by atoms with Crippen molar-refractivity contribution in [3.63, 3.8) is 0 Å². The minimum Gasteiger partial charge on any atom is -0.481 e. The third-order valence-corrected chi connectivity index (χ3v) is 6.02. The van der Waals surface area contributed by atoms with Crippen molar-refractivity contribution in [2.24, 2.45) is 17.4 Å². The van der Waals surface area contributed by atoms with Gasteiger partial charge in [0.15, 0.2) is 11.9 Å². The largest absolute Gasteiger partial charge is 0.481 e. The van der Waals surface area contributed by atoms with Gasteiger partial charge in [0.05, 0.1) is 6.42 Å². The average Bonchev–Trinajstić information content (AvgIpc) is 2.91. The molecule has 0 saturated carbocycles. The Morgan fingerprint density at radius 1 is 0.929 bits per heavy atom. The van der Waals surface area contributed by atoms with Crippen LogP contribution in [0.25, 0.3) is 6.08 Å². The van der Waals surface area contributed by atoms with Crippen molar-refractivity contribution in [1.29, 1.82) is 10.8 Å². The molecule has 13 N–H and O–H groups in total.